The fraction of sp³-hybridized carbons (Fsp3) is 0.273. The summed E-state index contributed by atoms with van der Waals surface area (Å²) in [6.45, 7) is 5.83. The molecule has 0 unspecified atom stereocenters. The van der Waals surface area contributed by atoms with Crippen molar-refractivity contribution in [3.8, 4) is 0 Å². The van der Waals surface area contributed by atoms with Crippen LogP contribution in [0.4, 0.5) is 0 Å². The molecule has 1 aromatic heterocycles. The van der Waals surface area contributed by atoms with Crippen molar-refractivity contribution in [3.05, 3.63) is 43.6 Å². The van der Waals surface area contributed by atoms with Gasteiger partial charge in [0.1, 0.15) is 0 Å². The van der Waals surface area contributed by atoms with Crippen molar-refractivity contribution in [1.29, 1.82) is 0 Å². The van der Waals surface area contributed by atoms with Crippen LogP contribution in [0.15, 0.2) is 15.7 Å². The van der Waals surface area contributed by atoms with Gasteiger partial charge in [0, 0.05) is 0 Å². The van der Waals surface area contributed by atoms with E-state index in [0.717, 1.165) is 16.7 Å². The molecular weight excluding hydrogens is 192 g/mol. The third kappa shape index (κ3) is 1.38. The maximum atomic E-state index is 11.5. The van der Waals surface area contributed by atoms with Crippen molar-refractivity contribution in [2.75, 3.05) is 0 Å². The average Bonchev–Trinajstić information content (AvgIpc) is 2.17. The molecule has 0 saturated heterocycles. The number of nitrogens with one attached hydrogen (secondary N) is 2. The summed E-state index contributed by atoms with van der Waals surface area (Å²) in [6.07, 6.45) is 0. The van der Waals surface area contributed by atoms with Gasteiger partial charge in [-0.2, -0.15) is 0 Å². The summed E-state index contributed by atoms with van der Waals surface area (Å²) >= 11 is 0. The van der Waals surface area contributed by atoms with Crippen molar-refractivity contribution in [3.63, 3.8) is 0 Å². The average molecular weight is 204 g/mol. The van der Waals surface area contributed by atoms with E-state index in [9.17, 15) is 9.59 Å². The van der Waals surface area contributed by atoms with Gasteiger partial charge in [-0.15, -0.1) is 0 Å². The van der Waals surface area contributed by atoms with E-state index in [1.807, 2.05) is 20.8 Å². The highest BCUT2D eigenvalue weighted by atomic mass is 16.2. The Morgan fingerprint density at radius 3 is 2.33 bits per heavy atom. The van der Waals surface area contributed by atoms with E-state index in [0.29, 0.717) is 10.9 Å². The third-order valence-corrected chi connectivity index (χ3v) is 2.87. The number of fused-ring (bicyclic) bond motifs is 1. The molecule has 0 aliphatic heterocycles. The van der Waals surface area contributed by atoms with Crippen LogP contribution in [-0.4, -0.2) is 9.97 Å². The number of aromatic nitrogens is 2. The van der Waals surface area contributed by atoms with Gasteiger partial charge in [0.05, 0.1) is 10.9 Å². The van der Waals surface area contributed by atoms with Crippen LogP contribution in [0.1, 0.15) is 16.7 Å². The van der Waals surface area contributed by atoms with Gasteiger partial charge in [-0.3, -0.25) is 9.78 Å². The van der Waals surface area contributed by atoms with Crippen molar-refractivity contribution in [1.82, 2.24) is 9.97 Å². The van der Waals surface area contributed by atoms with Gasteiger partial charge in [-0.05, 0) is 43.5 Å². The number of hydrogen-bond donors (Lipinski definition) is 2. The predicted octanol–water partition coefficient (Wildman–Crippen LogP) is 1.14. The van der Waals surface area contributed by atoms with Crippen molar-refractivity contribution in [2.45, 2.75) is 20.8 Å². The highest BCUT2D eigenvalue weighted by Gasteiger charge is 2.07. The Bertz CT molecular complexity index is 650. The fourth-order valence-corrected chi connectivity index (χ4v) is 1.74. The maximum absolute atomic E-state index is 11.5. The first-order valence-corrected chi connectivity index (χ1v) is 4.74. The first-order valence-electron chi connectivity index (χ1n) is 4.74. The molecule has 2 aromatic rings. The highest BCUT2D eigenvalue weighted by Crippen LogP contribution is 2.19. The summed E-state index contributed by atoms with van der Waals surface area (Å²) in [5, 5.41) is 0.537. The minimum atomic E-state index is -0.459. The lowest BCUT2D eigenvalue weighted by Crippen LogP contribution is -2.22. The summed E-state index contributed by atoms with van der Waals surface area (Å²) < 4.78 is 0. The molecule has 1 aromatic carbocycles. The first kappa shape index (κ1) is 9.71. The van der Waals surface area contributed by atoms with Crippen molar-refractivity contribution in [2.24, 2.45) is 0 Å². The second kappa shape index (κ2) is 3.08. The van der Waals surface area contributed by atoms with Crippen LogP contribution in [0.25, 0.3) is 10.9 Å². The summed E-state index contributed by atoms with van der Waals surface area (Å²) in [5.41, 5.74) is 2.94. The third-order valence-electron chi connectivity index (χ3n) is 2.87. The Labute approximate surface area is 86.0 Å². The normalized spacial score (nSPS) is 10.9. The number of H-pyrrole nitrogens is 2. The molecule has 0 saturated carbocycles. The zero-order chi connectivity index (χ0) is 11.2. The Hall–Kier alpha value is -1.84. The molecule has 0 amide bonds. The fourth-order valence-electron chi connectivity index (χ4n) is 1.74. The van der Waals surface area contributed by atoms with Gasteiger partial charge < -0.3 is 4.98 Å². The topological polar surface area (TPSA) is 65.7 Å². The first-order chi connectivity index (χ1) is 7.00. The number of benzene rings is 1. The lowest BCUT2D eigenvalue weighted by molar-refractivity contribution is 1.07. The van der Waals surface area contributed by atoms with Crippen LogP contribution >= 0.6 is 0 Å². The molecule has 2 N–H and O–H groups in total. The molecule has 0 aliphatic rings. The molecule has 4 heteroatoms. The number of hydrogen-bond acceptors (Lipinski definition) is 2. The molecule has 0 aliphatic carbocycles. The molecule has 0 spiro atoms. The molecular formula is C11H12N2O2. The van der Waals surface area contributed by atoms with Gasteiger partial charge in [-0.1, -0.05) is 0 Å². The summed E-state index contributed by atoms with van der Waals surface area (Å²) in [6, 6.07) is 1.80. The Balaban J connectivity index is 3.12. The highest BCUT2D eigenvalue weighted by molar-refractivity contribution is 5.82. The van der Waals surface area contributed by atoms with Gasteiger partial charge in [0.15, 0.2) is 0 Å². The monoisotopic (exact) mass is 204 g/mol. The Morgan fingerprint density at radius 1 is 1.00 bits per heavy atom. The molecule has 15 heavy (non-hydrogen) atoms. The van der Waals surface area contributed by atoms with Crippen LogP contribution in [0.2, 0.25) is 0 Å². The van der Waals surface area contributed by atoms with Crippen molar-refractivity contribution >= 4 is 10.9 Å². The van der Waals surface area contributed by atoms with Crippen LogP contribution in [0.3, 0.4) is 0 Å². The van der Waals surface area contributed by atoms with E-state index in [1.54, 1.807) is 6.07 Å². The van der Waals surface area contributed by atoms with E-state index >= 15 is 0 Å². The quantitative estimate of drug-likeness (QED) is 0.675. The van der Waals surface area contributed by atoms with Gasteiger partial charge in [-0.25, -0.2) is 4.79 Å². The van der Waals surface area contributed by atoms with E-state index < -0.39 is 5.69 Å². The second-order valence-electron chi connectivity index (χ2n) is 3.77. The van der Waals surface area contributed by atoms with E-state index in [1.165, 1.54) is 0 Å². The van der Waals surface area contributed by atoms with Crippen LogP contribution in [-0.2, 0) is 0 Å². The van der Waals surface area contributed by atoms with Gasteiger partial charge >= 0.3 is 5.69 Å². The zero-order valence-electron chi connectivity index (χ0n) is 8.89. The molecule has 4 nitrogen and oxygen atoms in total. The number of rotatable bonds is 0. The van der Waals surface area contributed by atoms with Crippen LogP contribution in [0, 0.1) is 20.8 Å². The molecule has 78 valence electrons. The van der Waals surface area contributed by atoms with Gasteiger partial charge in [0.25, 0.3) is 5.56 Å². The largest absolute Gasteiger partial charge is 0.326 e. The van der Waals surface area contributed by atoms with Crippen LogP contribution in [0.5, 0.6) is 0 Å². The van der Waals surface area contributed by atoms with Gasteiger partial charge in [0.2, 0.25) is 0 Å². The number of aryl methyl sites for hydroxylation is 2. The molecule has 0 bridgehead atoms. The van der Waals surface area contributed by atoms with E-state index in [2.05, 4.69) is 9.97 Å². The molecule has 0 radical (unpaired) electrons. The second-order valence-corrected chi connectivity index (χ2v) is 3.77. The standard InChI is InChI=1S/C11H12N2O2/c1-5-4-8-9(7(3)6(5)2)12-11(15)13-10(8)14/h4H,1-3H3,(H2,12,13,14,15). The minimum Gasteiger partial charge on any atom is -0.307 e. The minimum absolute atomic E-state index is 0.333. The molecule has 0 atom stereocenters. The summed E-state index contributed by atoms with van der Waals surface area (Å²) in [7, 11) is 0. The van der Waals surface area contributed by atoms with E-state index in [4.69, 9.17) is 0 Å². The van der Waals surface area contributed by atoms with E-state index in [-0.39, 0.29) is 5.56 Å². The maximum Gasteiger partial charge on any atom is 0.326 e. The number of aromatic amines is 2. The SMILES string of the molecule is Cc1cc2c(=O)[nH]c(=O)[nH]c2c(C)c1C. The Morgan fingerprint density at radius 2 is 1.67 bits per heavy atom. The lowest BCUT2D eigenvalue weighted by Gasteiger charge is -2.07. The lowest BCUT2D eigenvalue weighted by atomic mass is 10.0. The van der Waals surface area contributed by atoms with Crippen molar-refractivity contribution < 1.29 is 0 Å². The zero-order valence-corrected chi connectivity index (χ0v) is 8.89. The molecule has 1 heterocycles. The Kier molecular flexibility index (Phi) is 2.00. The predicted molar refractivity (Wildman–Crippen MR) is 59.4 cm³/mol. The molecule has 2 rings (SSSR count). The van der Waals surface area contributed by atoms with Crippen LogP contribution < -0.4 is 11.2 Å². The smallest absolute Gasteiger partial charge is 0.307 e. The summed E-state index contributed by atoms with van der Waals surface area (Å²) in [4.78, 5) is 27.6. The summed E-state index contributed by atoms with van der Waals surface area (Å²) in [5.74, 6) is 0. The molecule has 0 fully saturated rings.